The van der Waals surface area contributed by atoms with Crippen LogP contribution in [0.3, 0.4) is 0 Å². The van der Waals surface area contributed by atoms with Gasteiger partial charge in [-0.15, -0.1) is 18.3 Å². The Balaban J connectivity index is 2.44. The molecule has 0 bridgehead atoms. The highest BCUT2D eigenvalue weighted by atomic mass is 32.2. The summed E-state index contributed by atoms with van der Waals surface area (Å²) in [5, 5.41) is 3.32. The van der Waals surface area contributed by atoms with Gasteiger partial charge in [0.2, 0.25) is 0 Å². The molecule has 70 valence electrons. The van der Waals surface area contributed by atoms with E-state index in [-0.39, 0.29) is 0 Å². The van der Waals surface area contributed by atoms with Gasteiger partial charge in [-0.05, 0) is 36.9 Å². The summed E-state index contributed by atoms with van der Waals surface area (Å²) >= 11 is 1.76. The molecule has 0 aromatic heterocycles. The minimum atomic E-state index is 0.960. The standard InChI is InChI=1S/C11H15NS/c1-3-4-9-12-10-5-7-11(13-2)8-6-10/h3,5-8,12H,1,4,9H2,2H3. The van der Waals surface area contributed by atoms with Crippen molar-refractivity contribution in [3.05, 3.63) is 36.9 Å². The van der Waals surface area contributed by atoms with Gasteiger partial charge in [0.25, 0.3) is 0 Å². The van der Waals surface area contributed by atoms with Crippen LogP contribution in [-0.2, 0) is 0 Å². The molecule has 0 saturated carbocycles. The normalized spacial score (nSPS) is 9.62. The monoisotopic (exact) mass is 193 g/mol. The lowest BCUT2D eigenvalue weighted by atomic mass is 10.3. The number of thioether (sulfide) groups is 1. The fourth-order valence-corrected chi connectivity index (χ4v) is 1.44. The molecule has 1 nitrogen and oxygen atoms in total. The maximum atomic E-state index is 3.68. The summed E-state index contributed by atoms with van der Waals surface area (Å²) < 4.78 is 0. The van der Waals surface area contributed by atoms with Gasteiger partial charge in [-0.2, -0.15) is 0 Å². The molecule has 1 aromatic rings. The third-order valence-corrected chi connectivity index (χ3v) is 2.51. The molecule has 0 aliphatic rings. The van der Waals surface area contributed by atoms with Crippen LogP contribution in [0.4, 0.5) is 5.69 Å². The van der Waals surface area contributed by atoms with E-state index in [4.69, 9.17) is 0 Å². The highest BCUT2D eigenvalue weighted by molar-refractivity contribution is 7.98. The molecule has 2 heteroatoms. The summed E-state index contributed by atoms with van der Waals surface area (Å²) in [6.07, 6.45) is 5.01. The van der Waals surface area contributed by atoms with E-state index < -0.39 is 0 Å². The van der Waals surface area contributed by atoms with Gasteiger partial charge in [0, 0.05) is 17.1 Å². The van der Waals surface area contributed by atoms with Gasteiger partial charge >= 0.3 is 0 Å². The predicted octanol–water partition coefficient (Wildman–Crippen LogP) is 3.40. The average Bonchev–Trinajstić information content (AvgIpc) is 2.19. The van der Waals surface area contributed by atoms with Crippen LogP contribution in [0.1, 0.15) is 6.42 Å². The summed E-state index contributed by atoms with van der Waals surface area (Å²) in [7, 11) is 0. The first-order chi connectivity index (χ1) is 6.36. The molecule has 0 spiro atoms. The summed E-state index contributed by atoms with van der Waals surface area (Å²) in [5.41, 5.74) is 1.18. The van der Waals surface area contributed by atoms with Crippen LogP contribution in [-0.4, -0.2) is 12.8 Å². The first-order valence-corrected chi connectivity index (χ1v) is 5.58. The molecular formula is C11H15NS. The maximum absolute atomic E-state index is 3.68. The maximum Gasteiger partial charge on any atom is 0.0341 e. The Bertz CT molecular complexity index is 253. The van der Waals surface area contributed by atoms with E-state index in [0.29, 0.717) is 0 Å². The molecular weight excluding hydrogens is 178 g/mol. The van der Waals surface area contributed by atoms with E-state index in [1.807, 2.05) is 6.08 Å². The Morgan fingerprint density at radius 2 is 2.08 bits per heavy atom. The second kappa shape index (κ2) is 5.70. The molecule has 0 heterocycles. The third-order valence-electron chi connectivity index (χ3n) is 1.77. The van der Waals surface area contributed by atoms with Gasteiger partial charge in [0.15, 0.2) is 0 Å². The molecule has 0 unspecified atom stereocenters. The Hall–Kier alpha value is -0.890. The van der Waals surface area contributed by atoms with Crippen LogP contribution in [0.5, 0.6) is 0 Å². The zero-order valence-corrected chi connectivity index (χ0v) is 8.73. The van der Waals surface area contributed by atoms with Crippen LogP contribution in [0.25, 0.3) is 0 Å². The topological polar surface area (TPSA) is 12.0 Å². The summed E-state index contributed by atoms with van der Waals surface area (Å²) in [4.78, 5) is 1.30. The summed E-state index contributed by atoms with van der Waals surface area (Å²) in [5.74, 6) is 0. The van der Waals surface area contributed by atoms with Gasteiger partial charge in [-0.25, -0.2) is 0 Å². The van der Waals surface area contributed by atoms with Crippen LogP contribution in [0, 0.1) is 0 Å². The smallest absolute Gasteiger partial charge is 0.0341 e. The van der Waals surface area contributed by atoms with E-state index in [2.05, 4.69) is 42.4 Å². The fraction of sp³-hybridized carbons (Fsp3) is 0.273. The summed E-state index contributed by atoms with van der Waals surface area (Å²) in [6.45, 7) is 4.64. The first-order valence-electron chi connectivity index (χ1n) is 4.35. The van der Waals surface area contributed by atoms with Gasteiger partial charge in [0.05, 0.1) is 0 Å². The molecule has 0 amide bonds. The molecule has 13 heavy (non-hydrogen) atoms. The van der Waals surface area contributed by atoms with E-state index in [1.165, 1.54) is 10.6 Å². The minimum Gasteiger partial charge on any atom is -0.385 e. The molecule has 0 aliphatic carbocycles. The van der Waals surface area contributed by atoms with Crippen LogP contribution in [0.2, 0.25) is 0 Å². The molecule has 0 fully saturated rings. The van der Waals surface area contributed by atoms with Gasteiger partial charge in [-0.1, -0.05) is 6.08 Å². The van der Waals surface area contributed by atoms with Gasteiger partial charge in [0.1, 0.15) is 0 Å². The lowest BCUT2D eigenvalue weighted by Crippen LogP contribution is -1.99. The summed E-state index contributed by atoms with van der Waals surface area (Å²) in [6, 6.07) is 8.46. The first kappa shape index (κ1) is 10.2. The highest BCUT2D eigenvalue weighted by Crippen LogP contribution is 2.17. The molecule has 0 aliphatic heterocycles. The van der Waals surface area contributed by atoms with E-state index in [9.17, 15) is 0 Å². The van der Waals surface area contributed by atoms with Crippen LogP contribution >= 0.6 is 11.8 Å². The number of benzene rings is 1. The van der Waals surface area contributed by atoms with Crippen molar-refractivity contribution in [3.63, 3.8) is 0 Å². The van der Waals surface area contributed by atoms with E-state index >= 15 is 0 Å². The second-order valence-corrected chi connectivity index (χ2v) is 3.61. The molecule has 1 rings (SSSR count). The Morgan fingerprint density at radius 3 is 2.62 bits per heavy atom. The van der Waals surface area contributed by atoms with Crippen molar-refractivity contribution < 1.29 is 0 Å². The minimum absolute atomic E-state index is 0.960. The Kier molecular flexibility index (Phi) is 4.47. The van der Waals surface area contributed by atoms with Crippen molar-refractivity contribution in [2.24, 2.45) is 0 Å². The van der Waals surface area contributed by atoms with Crippen molar-refractivity contribution >= 4 is 17.4 Å². The Labute approximate surface area is 84.2 Å². The van der Waals surface area contributed by atoms with Gasteiger partial charge in [-0.3, -0.25) is 0 Å². The van der Waals surface area contributed by atoms with Gasteiger partial charge < -0.3 is 5.32 Å². The number of hydrogen-bond donors (Lipinski definition) is 1. The molecule has 1 aromatic carbocycles. The largest absolute Gasteiger partial charge is 0.385 e. The SMILES string of the molecule is C=CCCNc1ccc(SC)cc1. The number of hydrogen-bond acceptors (Lipinski definition) is 2. The Morgan fingerprint density at radius 1 is 1.38 bits per heavy atom. The lowest BCUT2D eigenvalue weighted by Gasteiger charge is -2.04. The van der Waals surface area contributed by atoms with E-state index in [1.54, 1.807) is 11.8 Å². The molecule has 0 radical (unpaired) electrons. The molecule has 0 atom stereocenters. The number of anilines is 1. The van der Waals surface area contributed by atoms with Crippen molar-refractivity contribution in [1.82, 2.24) is 0 Å². The van der Waals surface area contributed by atoms with Crippen molar-refractivity contribution in [2.45, 2.75) is 11.3 Å². The van der Waals surface area contributed by atoms with Crippen molar-refractivity contribution in [2.75, 3.05) is 18.1 Å². The second-order valence-electron chi connectivity index (χ2n) is 2.73. The molecule has 1 N–H and O–H groups in total. The molecule has 0 saturated heterocycles. The van der Waals surface area contributed by atoms with Crippen LogP contribution < -0.4 is 5.32 Å². The fourth-order valence-electron chi connectivity index (χ4n) is 1.03. The predicted molar refractivity (Wildman–Crippen MR) is 61.5 cm³/mol. The van der Waals surface area contributed by atoms with Crippen molar-refractivity contribution in [1.29, 1.82) is 0 Å². The third kappa shape index (κ3) is 3.55. The van der Waals surface area contributed by atoms with Crippen LogP contribution in [0.15, 0.2) is 41.8 Å². The zero-order valence-electron chi connectivity index (χ0n) is 7.92. The zero-order chi connectivity index (χ0) is 9.52. The number of nitrogens with one attached hydrogen (secondary N) is 1. The number of rotatable bonds is 5. The highest BCUT2D eigenvalue weighted by Gasteiger charge is 1.91. The van der Waals surface area contributed by atoms with E-state index in [0.717, 1.165) is 13.0 Å². The van der Waals surface area contributed by atoms with Crippen molar-refractivity contribution in [3.8, 4) is 0 Å². The quantitative estimate of drug-likeness (QED) is 0.437. The average molecular weight is 193 g/mol. The lowest BCUT2D eigenvalue weighted by molar-refractivity contribution is 1.07.